The predicted molar refractivity (Wildman–Crippen MR) is 131 cm³/mol. The number of para-hydroxylation sites is 1. The molecular formula is C28H33N3O2. The van der Waals surface area contributed by atoms with Crippen LogP contribution in [0.3, 0.4) is 0 Å². The number of carbonyl (C=O) groups excluding carboxylic acids is 2. The van der Waals surface area contributed by atoms with E-state index in [4.69, 9.17) is 0 Å². The average molecular weight is 444 g/mol. The van der Waals surface area contributed by atoms with Crippen LogP contribution in [0.2, 0.25) is 0 Å². The zero-order valence-electron chi connectivity index (χ0n) is 19.6. The third-order valence-electron chi connectivity index (χ3n) is 7.59. The number of amides is 2. The minimum Gasteiger partial charge on any atom is -0.351 e. The number of aromatic nitrogens is 1. The molecule has 0 saturated heterocycles. The average Bonchev–Trinajstić information content (AvgIpc) is 3.21. The van der Waals surface area contributed by atoms with Gasteiger partial charge in [-0.05, 0) is 43.4 Å². The van der Waals surface area contributed by atoms with E-state index in [2.05, 4.69) is 24.4 Å². The fraction of sp³-hybridized carbons (Fsp3) is 0.429. The number of hydrogen-bond donors (Lipinski definition) is 1. The molecular weight excluding hydrogens is 410 g/mol. The SMILES string of the molecule is C[C@H](CN1C(=O)c2cc3ccccc3n2C[C@@]1(C)C(=O)NC1CCCCC1)c1ccccc1. The molecule has 2 atom stereocenters. The van der Waals surface area contributed by atoms with E-state index in [0.717, 1.165) is 36.6 Å². The summed E-state index contributed by atoms with van der Waals surface area (Å²) in [4.78, 5) is 29.5. The summed E-state index contributed by atoms with van der Waals surface area (Å²) in [5.41, 5.74) is 1.89. The third-order valence-corrected chi connectivity index (χ3v) is 7.59. The van der Waals surface area contributed by atoms with E-state index in [0.29, 0.717) is 18.8 Å². The largest absolute Gasteiger partial charge is 0.351 e. The smallest absolute Gasteiger partial charge is 0.271 e. The molecule has 5 nitrogen and oxygen atoms in total. The highest BCUT2D eigenvalue weighted by Crippen LogP contribution is 2.34. The Morgan fingerprint density at radius 2 is 1.76 bits per heavy atom. The van der Waals surface area contributed by atoms with Crippen LogP contribution in [0, 0.1) is 0 Å². The first-order valence-electron chi connectivity index (χ1n) is 12.2. The van der Waals surface area contributed by atoms with Crippen molar-refractivity contribution in [3.63, 3.8) is 0 Å². The predicted octanol–water partition coefficient (Wildman–Crippen LogP) is 5.11. The molecule has 0 bridgehead atoms. The first-order chi connectivity index (χ1) is 16.0. The van der Waals surface area contributed by atoms with Crippen molar-refractivity contribution in [2.45, 2.75) is 70.0 Å². The van der Waals surface area contributed by atoms with Crippen molar-refractivity contribution < 1.29 is 9.59 Å². The quantitative estimate of drug-likeness (QED) is 0.596. The van der Waals surface area contributed by atoms with Gasteiger partial charge in [0, 0.05) is 23.5 Å². The van der Waals surface area contributed by atoms with Crippen LogP contribution in [-0.4, -0.2) is 39.4 Å². The van der Waals surface area contributed by atoms with E-state index in [1.807, 2.05) is 64.9 Å². The van der Waals surface area contributed by atoms with E-state index in [1.54, 1.807) is 0 Å². The molecule has 5 heteroatoms. The lowest BCUT2D eigenvalue weighted by atomic mass is 9.89. The molecule has 1 aromatic heterocycles. The molecule has 5 rings (SSSR count). The van der Waals surface area contributed by atoms with Gasteiger partial charge in [0.25, 0.3) is 5.91 Å². The molecule has 1 aliphatic heterocycles. The van der Waals surface area contributed by atoms with Crippen molar-refractivity contribution in [2.75, 3.05) is 6.54 Å². The van der Waals surface area contributed by atoms with Gasteiger partial charge >= 0.3 is 0 Å². The highest BCUT2D eigenvalue weighted by atomic mass is 16.2. The Labute approximate surface area is 195 Å². The molecule has 1 fully saturated rings. The van der Waals surface area contributed by atoms with Gasteiger partial charge in [0.1, 0.15) is 11.2 Å². The lowest BCUT2D eigenvalue weighted by Gasteiger charge is -2.45. The van der Waals surface area contributed by atoms with Crippen LogP contribution in [0.1, 0.15) is 67.9 Å². The van der Waals surface area contributed by atoms with Crippen LogP contribution in [-0.2, 0) is 11.3 Å². The van der Waals surface area contributed by atoms with E-state index < -0.39 is 5.54 Å². The number of fused-ring (bicyclic) bond motifs is 3. The topological polar surface area (TPSA) is 54.3 Å². The summed E-state index contributed by atoms with van der Waals surface area (Å²) in [6.45, 7) is 5.03. The Bertz CT molecular complexity index is 1160. The van der Waals surface area contributed by atoms with Gasteiger partial charge in [-0.15, -0.1) is 0 Å². The van der Waals surface area contributed by atoms with Crippen LogP contribution >= 0.6 is 0 Å². The maximum atomic E-state index is 13.9. The van der Waals surface area contributed by atoms with Gasteiger partial charge in [0.05, 0.1) is 6.54 Å². The van der Waals surface area contributed by atoms with Gasteiger partial charge in [-0.3, -0.25) is 9.59 Å². The van der Waals surface area contributed by atoms with Crippen LogP contribution in [0.25, 0.3) is 10.9 Å². The molecule has 1 saturated carbocycles. The standard InChI is InChI=1S/C28H33N3O2/c1-20(21-11-5-3-6-12-21)18-31-26(32)25-17-22-13-9-10-16-24(22)30(25)19-28(31,2)27(33)29-23-14-7-4-8-15-23/h3,5-6,9-13,16-17,20,23H,4,7-8,14-15,18-19H2,1-2H3,(H,29,33)/t20-,28+/m1/s1. The van der Waals surface area contributed by atoms with Gasteiger partial charge in [0.2, 0.25) is 5.91 Å². The Kier molecular flexibility index (Phi) is 5.73. The summed E-state index contributed by atoms with van der Waals surface area (Å²) in [7, 11) is 0. The minimum atomic E-state index is -0.952. The molecule has 2 heterocycles. The van der Waals surface area contributed by atoms with E-state index in [1.165, 1.54) is 12.0 Å². The first kappa shape index (κ1) is 21.7. The van der Waals surface area contributed by atoms with Crippen LogP contribution in [0.15, 0.2) is 60.7 Å². The normalized spacial score (nSPS) is 22.2. The van der Waals surface area contributed by atoms with Crippen molar-refractivity contribution in [1.82, 2.24) is 14.8 Å². The van der Waals surface area contributed by atoms with Gasteiger partial charge < -0.3 is 14.8 Å². The fourth-order valence-electron chi connectivity index (χ4n) is 5.54. The number of nitrogens with one attached hydrogen (secondary N) is 1. The molecule has 172 valence electrons. The summed E-state index contributed by atoms with van der Waals surface area (Å²) in [6, 6.07) is 20.5. The van der Waals surface area contributed by atoms with Crippen LogP contribution < -0.4 is 5.32 Å². The van der Waals surface area contributed by atoms with Crippen molar-refractivity contribution >= 4 is 22.7 Å². The second-order valence-electron chi connectivity index (χ2n) is 9.98. The number of benzene rings is 2. The number of hydrogen-bond acceptors (Lipinski definition) is 2. The number of rotatable bonds is 5. The molecule has 2 aliphatic rings. The van der Waals surface area contributed by atoms with Gasteiger partial charge in [-0.25, -0.2) is 0 Å². The summed E-state index contributed by atoms with van der Waals surface area (Å²) in [6.07, 6.45) is 5.59. The maximum absolute atomic E-state index is 13.9. The Morgan fingerprint density at radius 1 is 1.06 bits per heavy atom. The van der Waals surface area contributed by atoms with Crippen LogP contribution in [0.5, 0.6) is 0 Å². The van der Waals surface area contributed by atoms with Gasteiger partial charge in [-0.1, -0.05) is 74.7 Å². The fourth-order valence-corrected chi connectivity index (χ4v) is 5.54. The van der Waals surface area contributed by atoms with E-state index in [-0.39, 0.29) is 23.8 Å². The second kappa shape index (κ2) is 8.69. The number of nitrogens with zero attached hydrogens (tertiary/aromatic N) is 2. The van der Waals surface area contributed by atoms with Gasteiger partial charge in [-0.2, -0.15) is 0 Å². The van der Waals surface area contributed by atoms with Gasteiger partial charge in [0.15, 0.2) is 0 Å². The molecule has 0 spiro atoms. The molecule has 1 aliphatic carbocycles. The molecule has 2 amide bonds. The molecule has 0 unspecified atom stereocenters. The molecule has 0 radical (unpaired) electrons. The third kappa shape index (κ3) is 3.94. The summed E-state index contributed by atoms with van der Waals surface area (Å²) in [5.74, 6) is 0.0147. The zero-order valence-corrected chi connectivity index (χ0v) is 19.6. The molecule has 1 N–H and O–H groups in total. The Balaban J connectivity index is 1.52. The van der Waals surface area contributed by atoms with Crippen molar-refractivity contribution in [3.8, 4) is 0 Å². The lowest BCUT2D eigenvalue weighted by molar-refractivity contribution is -0.133. The zero-order chi connectivity index (χ0) is 23.0. The highest BCUT2D eigenvalue weighted by molar-refractivity contribution is 6.03. The van der Waals surface area contributed by atoms with E-state index in [9.17, 15) is 9.59 Å². The minimum absolute atomic E-state index is 0.0357. The molecule has 33 heavy (non-hydrogen) atoms. The van der Waals surface area contributed by atoms with E-state index >= 15 is 0 Å². The van der Waals surface area contributed by atoms with Crippen molar-refractivity contribution in [1.29, 1.82) is 0 Å². The molecule has 3 aromatic rings. The summed E-state index contributed by atoms with van der Waals surface area (Å²) >= 11 is 0. The highest BCUT2D eigenvalue weighted by Gasteiger charge is 2.48. The van der Waals surface area contributed by atoms with Crippen molar-refractivity contribution in [3.05, 3.63) is 71.9 Å². The second-order valence-corrected chi connectivity index (χ2v) is 9.98. The lowest BCUT2D eigenvalue weighted by Crippen LogP contribution is -2.65. The van der Waals surface area contributed by atoms with Crippen LogP contribution in [0.4, 0.5) is 0 Å². The Morgan fingerprint density at radius 3 is 2.52 bits per heavy atom. The van der Waals surface area contributed by atoms with Crippen molar-refractivity contribution in [2.24, 2.45) is 0 Å². The number of carbonyl (C=O) groups is 2. The Hall–Kier alpha value is -3.08. The monoisotopic (exact) mass is 443 g/mol. The molecule has 2 aromatic carbocycles. The first-order valence-corrected chi connectivity index (χ1v) is 12.2. The summed E-state index contributed by atoms with van der Waals surface area (Å²) < 4.78 is 2.04. The summed E-state index contributed by atoms with van der Waals surface area (Å²) in [5, 5.41) is 4.35. The maximum Gasteiger partial charge on any atom is 0.271 e.